The average molecular weight is 638 g/mol. The van der Waals surface area contributed by atoms with E-state index in [1.165, 1.54) is 33.3 Å². The van der Waals surface area contributed by atoms with Crippen molar-refractivity contribution in [1.29, 1.82) is 0 Å². The fourth-order valence-electron chi connectivity index (χ4n) is 6.35. The molecule has 0 radical (unpaired) electrons. The summed E-state index contributed by atoms with van der Waals surface area (Å²) in [5, 5.41) is 11.5. The van der Waals surface area contributed by atoms with Crippen molar-refractivity contribution in [1.82, 2.24) is 0 Å². The molecular weight excluding hydrogens is 602 g/mol. The summed E-state index contributed by atoms with van der Waals surface area (Å²) in [7, 11) is 4.01. The molecule has 0 aliphatic heterocycles. The summed E-state index contributed by atoms with van der Waals surface area (Å²) in [6.45, 7) is 1.48. The Morgan fingerprint density at radius 2 is 1.45 bits per heavy atom. The highest BCUT2D eigenvalue weighted by atomic mass is 16.6. The Morgan fingerprint density at radius 1 is 0.851 bits per heavy atom. The van der Waals surface area contributed by atoms with Gasteiger partial charge in [0.25, 0.3) is 5.69 Å². The molecule has 0 bridgehead atoms. The van der Waals surface area contributed by atoms with Gasteiger partial charge in [0.2, 0.25) is 0 Å². The number of esters is 2. The number of non-ortho nitro benzene ring substituents is 1. The molecule has 0 amide bonds. The minimum Gasteiger partial charge on any atom is -0.468 e. The van der Waals surface area contributed by atoms with E-state index in [9.17, 15) is 24.5 Å². The van der Waals surface area contributed by atoms with E-state index in [1.54, 1.807) is 19.2 Å². The molecule has 1 heterocycles. The topological polar surface area (TPSA) is 135 Å². The number of Topliss-reactive ketones (excluding diaryl/α,β-unsaturated/α-hetero) is 1. The number of benzene rings is 3. The van der Waals surface area contributed by atoms with Crippen LogP contribution in [-0.2, 0) is 35.0 Å². The highest BCUT2D eigenvalue weighted by molar-refractivity contribution is 6.06. The minimum absolute atomic E-state index is 0.0790. The number of allylic oxidation sites excluding steroid dienone is 2. The van der Waals surface area contributed by atoms with Gasteiger partial charge in [-0.3, -0.25) is 19.7 Å². The number of ketones is 1. The molecule has 0 spiro atoms. The predicted octanol–water partition coefficient (Wildman–Crippen LogP) is 7.15. The largest absolute Gasteiger partial charge is 0.468 e. The number of furan rings is 1. The summed E-state index contributed by atoms with van der Waals surface area (Å²) in [4.78, 5) is 50.6. The molecule has 3 aromatic carbocycles. The van der Waals surface area contributed by atoms with Crippen molar-refractivity contribution >= 4 is 34.6 Å². The fraction of sp³-hybridized carbons (Fsp3) is 0.270. The van der Waals surface area contributed by atoms with Crippen LogP contribution in [0.1, 0.15) is 60.3 Å². The molecule has 242 valence electrons. The monoisotopic (exact) mass is 637 g/mol. The Labute approximate surface area is 272 Å². The SMILES string of the molecule is COC(=O)C1(C(=O)OC)C/C(=C(/CCC(C)=O)c2ccc([N+](=O)[O-])cc2)c2c(oc(-c3ccccc3)c2C(OC)c2ccccc2)C1. The van der Waals surface area contributed by atoms with Crippen LogP contribution in [0.25, 0.3) is 22.5 Å². The molecule has 1 atom stereocenters. The van der Waals surface area contributed by atoms with Crippen LogP contribution in [0.3, 0.4) is 0 Å². The van der Waals surface area contributed by atoms with Crippen LogP contribution in [0, 0.1) is 15.5 Å². The van der Waals surface area contributed by atoms with Crippen molar-refractivity contribution in [3.63, 3.8) is 0 Å². The van der Waals surface area contributed by atoms with Gasteiger partial charge in [-0.25, -0.2) is 0 Å². The maximum absolute atomic E-state index is 13.6. The Balaban J connectivity index is 1.93. The second kappa shape index (κ2) is 14.0. The number of nitro groups is 1. The normalized spacial score (nSPS) is 15.2. The smallest absolute Gasteiger partial charge is 0.324 e. The first kappa shape index (κ1) is 33.0. The molecular formula is C37H35NO9. The zero-order valence-electron chi connectivity index (χ0n) is 26.6. The molecule has 10 heteroatoms. The molecule has 1 unspecified atom stereocenters. The number of nitro benzene ring substituents is 1. The number of ether oxygens (including phenoxy) is 3. The lowest BCUT2D eigenvalue weighted by Crippen LogP contribution is -2.45. The summed E-state index contributed by atoms with van der Waals surface area (Å²) in [6, 6.07) is 25.0. The van der Waals surface area contributed by atoms with Crippen molar-refractivity contribution in [3.8, 4) is 11.3 Å². The summed E-state index contributed by atoms with van der Waals surface area (Å²) in [5.41, 5.74) is 2.75. The van der Waals surface area contributed by atoms with Gasteiger partial charge >= 0.3 is 11.9 Å². The van der Waals surface area contributed by atoms with Gasteiger partial charge in [-0.15, -0.1) is 0 Å². The third-order valence-corrected chi connectivity index (χ3v) is 8.57. The number of nitrogens with zero attached hydrogens (tertiary/aromatic N) is 1. The molecule has 1 aliphatic carbocycles. The first-order valence-corrected chi connectivity index (χ1v) is 15.1. The molecule has 10 nitrogen and oxygen atoms in total. The van der Waals surface area contributed by atoms with E-state index in [0.29, 0.717) is 39.4 Å². The van der Waals surface area contributed by atoms with Gasteiger partial charge in [-0.05, 0) is 47.8 Å². The van der Waals surface area contributed by atoms with E-state index in [0.717, 1.165) is 11.1 Å². The van der Waals surface area contributed by atoms with Crippen molar-refractivity contribution in [2.24, 2.45) is 5.41 Å². The highest BCUT2D eigenvalue weighted by Gasteiger charge is 2.54. The predicted molar refractivity (Wildman–Crippen MR) is 174 cm³/mol. The van der Waals surface area contributed by atoms with Gasteiger partial charge in [-0.2, -0.15) is 0 Å². The van der Waals surface area contributed by atoms with Crippen molar-refractivity contribution in [3.05, 3.63) is 123 Å². The number of carbonyl (C=O) groups excluding carboxylic acids is 3. The highest BCUT2D eigenvalue weighted by Crippen LogP contribution is 2.53. The first-order valence-electron chi connectivity index (χ1n) is 15.1. The van der Waals surface area contributed by atoms with Gasteiger partial charge in [0.1, 0.15) is 23.4 Å². The summed E-state index contributed by atoms with van der Waals surface area (Å²) in [5.74, 6) is -0.842. The van der Waals surface area contributed by atoms with E-state index in [2.05, 4.69) is 0 Å². The third-order valence-electron chi connectivity index (χ3n) is 8.57. The first-order chi connectivity index (χ1) is 22.6. The maximum Gasteiger partial charge on any atom is 0.324 e. The lowest BCUT2D eigenvalue weighted by atomic mass is 9.68. The third kappa shape index (κ3) is 6.37. The second-order valence-corrected chi connectivity index (χ2v) is 11.4. The fourth-order valence-corrected chi connectivity index (χ4v) is 6.35. The Bertz CT molecular complexity index is 1810. The van der Waals surface area contributed by atoms with E-state index in [1.807, 2.05) is 60.7 Å². The quantitative estimate of drug-likeness (QED) is 0.0727. The number of rotatable bonds is 11. The van der Waals surface area contributed by atoms with Crippen LogP contribution < -0.4 is 0 Å². The molecule has 0 saturated carbocycles. The van der Waals surface area contributed by atoms with Crippen LogP contribution in [0.4, 0.5) is 5.69 Å². The second-order valence-electron chi connectivity index (χ2n) is 11.4. The van der Waals surface area contributed by atoms with Crippen LogP contribution in [-0.4, -0.2) is 44.0 Å². The molecule has 1 aliphatic rings. The summed E-state index contributed by atoms with van der Waals surface area (Å²) in [6.07, 6.45) is -0.580. The maximum atomic E-state index is 13.6. The zero-order valence-corrected chi connectivity index (χ0v) is 26.6. The van der Waals surface area contributed by atoms with Crippen molar-refractivity contribution in [2.75, 3.05) is 21.3 Å². The van der Waals surface area contributed by atoms with E-state index >= 15 is 0 Å². The molecule has 0 saturated heterocycles. The van der Waals surface area contributed by atoms with Gasteiger partial charge in [-0.1, -0.05) is 60.7 Å². The summed E-state index contributed by atoms with van der Waals surface area (Å²) >= 11 is 0. The summed E-state index contributed by atoms with van der Waals surface area (Å²) < 4.78 is 23.3. The zero-order chi connectivity index (χ0) is 33.7. The van der Waals surface area contributed by atoms with Gasteiger partial charge in [0, 0.05) is 55.2 Å². The van der Waals surface area contributed by atoms with Crippen molar-refractivity contribution in [2.45, 2.75) is 38.7 Å². The molecule has 5 rings (SSSR count). The number of fused-ring (bicyclic) bond motifs is 1. The van der Waals surface area contributed by atoms with Crippen LogP contribution in [0.2, 0.25) is 0 Å². The molecule has 0 N–H and O–H groups in total. The van der Waals surface area contributed by atoms with Crippen LogP contribution in [0.5, 0.6) is 0 Å². The Hall–Kier alpha value is -5.35. The van der Waals surface area contributed by atoms with E-state index < -0.39 is 28.4 Å². The lowest BCUT2D eigenvalue weighted by molar-refractivity contribution is -0.384. The molecule has 47 heavy (non-hydrogen) atoms. The number of methoxy groups -OCH3 is 3. The molecule has 4 aromatic rings. The van der Waals surface area contributed by atoms with E-state index in [4.69, 9.17) is 18.6 Å². The number of carbonyl (C=O) groups is 3. The standard InChI is InChI=1S/C37H35NO9/c1-23(39)15-20-28(24-16-18-27(19-17-24)38(42)43)29-21-37(35(40)45-3,36(41)46-4)22-30-31(29)32(33(44-2)25-11-7-5-8-12-25)34(47-30)26-13-9-6-10-14-26/h5-14,16-19,33H,15,20-22H2,1-4H3/b29-28+. The Kier molecular flexibility index (Phi) is 9.81. The number of hydrogen-bond acceptors (Lipinski definition) is 9. The average Bonchev–Trinajstić information content (AvgIpc) is 3.47. The van der Waals surface area contributed by atoms with Crippen LogP contribution in [0.15, 0.2) is 89.3 Å². The molecule has 0 fully saturated rings. The van der Waals surface area contributed by atoms with Crippen LogP contribution >= 0.6 is 0 Å². The van der Waals surface area contributed by atoms with Gasteiger partial charge < -0.3 is 23.4 Å². The Morgan fingerprint density at radius 3 is 1.98 bits per heavy atom. The van der Waals surface area contributed by atoms with Gasteiger partial charge in [0.15, 0.2) is 5.41 Å². The van der Waals surface area contributed by atoms with Crippen molar-refractivity contribution < 1.29 is 37.9 Å². The lowest BCUT2D eigenvalue weighted by Gasteiger charge is -2.34. The van der Waals surface area contributed by atoms with Gasteiger partial charge in [0.05, 0.1) is 19.1 Å². The van der Waals surface area contributed by atoms with E-state index in [-0.39, 0.29) is 37.2 Å². The number of hydrogen-bond donors (Lipinski definition) is 0. The molecule has 1 aromatic heterocycles. The minimum atomic E-state index is -1.81.